The molecule has 1 aromatic carbocycles. The summed E-state index contributed by atoms with van der Waals surface area (Å²) in [5.41, 5.74) is 0.787. The van der Waals surface area contributed by atoms with Crippen LogP contribution >= 0.6 is 34.8 Å². The zero-order valence-corrected chi connectivity index (χ0v) is 13.5. The van der Waals surface area contributed by atoms with E-state index in [1.807, 2.05) is 51.1 Å². The SMILES string of the molecule is CC(C)(C)S(=O)N[C@@H](c1ccccc1)C(Cl)(Cl)Cl. The molecule has 18 heavy (non-hydrogen) atoms. The van der Waals surface area contributed by atoms with Crippen LogP contribution in [0, 0.1) is 0 Å². The summed E-state index contributed by atoms with van der Waals surface area (Å²) in [5, 5.41) is 0. The van der Waals surface area contributed by atoms with Crippen LogP contribution in [0.3, 0.4) is 0 Å². The fraction of sp³-hybridized carbons (Fsp3) is 0.500. The lowest BCUT2D eigenvalue weighted by Gasteiger charge is -2.29. The van der Waals surface area contributed by atoms with Crippen molar-refractivity contribution in [3.8, 4) is 0 Å². The summed E-state index contributed by atoms with van der Waals surface area (Å²) in [6, 6.07) is 8.61. The number of nitrogens with one attached hydrogen (secondary N) is 1. The average molecular weight is 329 g/mol. The van der Waals surface area contributed by atoms with Crippen molar-refractivity contribution in [3.63, 3.8) is 0 Å². The third-order valence-electron chi connectivity index (χ3n) is 2.24. The molecule has 0 aliphatic carbocycles. The Labute approximate surface area is 126 Å². The van der Waals surface area contributed by atoms with E-state index in [9.17, 15) is 4.21 Å². The maximum absolute atomic E-state index is 12.1. The summed E-state index contributed by atoms with van der Waals surface area (Å²) in [7, 11) is -1.32. The zero-order chi connectivity index (χ0) is 14.0. The molecule has 1 unspecified atom stereocenters. The van der Waals surface area contributed by atoms with Crippen LogP contribution in [-0.4, -0.2) is 12.7 Å². The largest absolute Gasteiger partial charge is 0.242 e. The molecule has 2 nitrogen and oxygen atoms in total. The summed E-state index contributed by atoms with van der Waals surface area (Å²) in [6.45, 7) is 5.57. The van der Waals surface area contributed by atoms with Gasteiger partial charge in [0.2, 0.25) is 3.79 Å². The lowest BCUT2D eigenvalue weighted by molar-refractivity contribution is 0.603. The summed E-state index contributed by atoms with van der Waals surface area (Å²) in [5.74, 6) is 0. The number of hydrogen-bond donors (Lipinski definition) is 1. The Morgan fingerprint density at radius 1 is 1.11 bits per heavy atom. The number of halogens is 3. The van der Waals surface area contributed by atoms with Crippen LogP contribution < -0.4 is 4.72 Å². The molecule has 2 atom stereocenters. The Morgan fingerprint density at radius 3 is 2.00 bits per heavy atom. The fourth-order valence-corrected chi connectivity index (χ4v) is 2.87. The van der Waals surface area contributed by atoms with Crippen molar-refractivity contribution in [2.24, 2.45) is 0 Å². The van der Waals surface area contributed by atoms with Gasteiger partial charge in [0.15, 0.2) is 0 Å². The van der Waals surface area contributed by atoms with Crippen molar-refractivity contribution >= 4 is 45.8 Å². The van der Waals surface area contributed by atoms with Crippen molar-refractivity contribution in [2.75, 3.05) is 0 Å². The zero-order valence-electron chi connectivity index (χ0n) is 10.4. The highest BCUT2D eigenvalue weighted by molar-refractivity contribution is 7.84. The highest BCUT2D eigenvalue weighted by Crippen LogP contribution is 2.40. The molecule has 1 aromatic rings. The van der Waals surface area contributed by atoms with Gasteiger partial charge in [-0.25, -0.2) is 8.93 Å². The lowest BCUT2D eigenvalue weighted by atomic mass is 10.1. The Hall–Kier alpha value is 0.200. The van der Waals surface area contributed by atoms with E-state index in [4.69, 9.17) is 34.8 Å². The smallest absolute Gasteiger partial charge is 0.210 e. The predicted octanol–water partition coefficient (Wildman–Crippen LogP) is 4.15. The minimum atomic E-state index is -1.57. The van der Waals surface area contributed by atoms with Crippen LogP contribution in [0.4, 0.5) is 0 Å². The molecule has 0 aliphatic rings. The van der Waals surface area contributed by atoms with Gasteiger partial charge < -0.3 is 0 Å². The predicted molar refractivity (Wildman–Crippen MR) is 80.5 cm³/mol. The van der Waals surface area contributed by atoms with Crippen molar-refractivity contribution < 1.29 is 4.21 Å². The molecule has 0 aromatic heterocycles. The first-order chi connectivity index (χ1) is 8.12. The van der Waals surface area contributed by atoms with Gasteiger partial charge in [0.25, 0.3) is 0 Å². The van der Waals surface area contributed by atoms with E-state index >= 15 is 0 Å². The molecule has 1 rings (SSSR count). The van der Waals surface area contributed by atoms with E-state index < -0.39 is 25.6 Å². The van der Waals surface area contributed by atoms with Crippen LogP contribution in [0.15, 0.2) is 30.3 Å². The molecule has 6 heteroatoms. The Kier molecular flexibility index (Phi) is 5.51. The highest BCUT2D eigenvalue weighted by atomic mass is 35.6. The van der Waals surface area contributed by atoms with Crippen LogP contribution in [-0.2, 0) is 11.0 Å². The second-order valence-corrected chi connectivity index (χ2v) is 9.25. The fourth-order valence-electron chi connectivity index (χ4n) is 1.25. The summed E-state index contributed by atoms with van der Waals surface area (Å²) < 4.78 is 13.0. The molecule has 1 N–H and O–H groups in total. The van der Waals surface area contributed by atoms with Crippen molar-refractivity contribution in [3.05, 3.63) is 35.9 Å². The number of rotatable bonds is 3. The van der Waals surface area contributed by atoms with Crippen LogP contribution in [0.1, 0.15) is 32.4 Å². The monoisotopic (exact) mass is 327 g/mol. The molecular weight excluding hydrogens is 313 g/mol. The topological polar surface area (TPSA) is 29.1 Å². The second-order valence-electron chi connectivity index (χ2n) is 4.88. The normalized spacial score (nSPS) is 16.3. The minimum absolute atomic E-state index is 0.428. The Balaban J connectivity index is 2.99. The second kappa shape index (κ2) is 6.10. The maximum Gasteiger partial charge on any atom is 0.210 e. The standard InChI is InChI=1S/C12H16Cl3NOS/c1-11(2,3)18(17)16-10(12(13,14)15)9-7-5-4-6-8-9/h4-8,10,16H,1-3H3/t10-,18?/m0/s1. The molecular formula is C12H16Cl3NOS. The molecule has 0 saturated heterocycles. The van der Waals surface area contributed by atoms with Gasteiger partial charge >= 0.3 is 0 Å². The molecule has 0 radical (unpaired) electrons. The summed E-state index contributed by atoms with van der Waals surface area (Å²) >= 11 is 17.9. The van der Waals surface area contributed by atoms with Gasteiger partial charge in [0.05, 0.1) is 21.8 Å². The molecule has 0 saturated carbocycles. The summed E-state index contributed by atoms with van der Waals surface area (Å²) in [6.07, 6.45) is 0. The van der Waals surface area contributed by atoms with Crippen molar-refractivity contribution in [1.29, 1.82) is 0 Å². The first-order valence-corrected chi connectivity index (χ1v) is 7.70. The Morgan fingerprint density at radius 2 is 1.61 bits per heavy atom. The van der Waals surface area contributed by atoms with E-state index in [0.29, 0.717) is 0 Å². The van der Waals surface area contributed by atoms with E-state index in [2.05, 4.69) is 4.72 Å². The number of hydrogen-bond acceptors (Lipinski definition) is 1. The van der Waals surface area contributed by atoms with Gasteiger partial charge in [0.1, 0.15) is 0 Å². The van der Waals surface area contributed by atoms with Gasteiger partial charge in [-0.3, -0.25) is 0 Å². The van der Waals surface area contributed by atoms with E-state index in [1.165, 1.54) is 0 Å². The van der Waals surface area contributed by atoms with Gasteiger partial charge in [-0.15, -0.1) is 0 Å². The number of benzene rings is 1. The molecule has 0 spiro atoms. The van der Waals surface area contributed by atoms with Gasteiger partial charge in [0, 0.05) is 0 Å². The molecule has 102 valence electrons. The van der Waals surface area contributed by atoms with Gasteiger partial charge in [-0.2, -0.15) is 0 Å². The van der Waals surface area contributed by atoms with Crippen LogP contribution in [0.5, 0.6) is 0 Å². The quantitative estimate of drug-likeness (QED) is 0.830. The third-order valence-corrected chi connectivity index (χ3v) is 4.46. The van der Waals surface area contributed by atoms with E-state index in [1.54, 1.807) is 0 Å². The highest BCUT2D eigenvalue weighted by Gasteiger charge is 2.36. The van der Waals surface area contributed by atoms with Crippen LogP contribution in [0.2, 0.25) is 0 Å². The van der Waals surface area contributed by atoms with Gasteiger partial charge in [-0.1, -0.05) is 65.1 Å². The minimum Gasteiger partial charge on any atom is -0.242 e. The molecule has 0 bridgehead atoms. The van der Waals surface area contributed by atoms with Crippen LogP contribution in [0.25, 0.3) is 0 Å². The van der Waals surface area contributed by atoms with E-state index in [-0.39, 0.29) is 0 Å². The lowest BCUT2D eigenvalue weighted by Crippen LogP contribution is -2.40. The molecule has 0 fully saturated rings. The Bertz CT molecular complexity index is 412. The first kappa shape index (κ1) is 16.3. The number of alkyl halides is 3. The van der Waals surface area contributed by atoms with Crippen molar-refractivity contribution in [2.45, 2.75) is 35.4 Å². The summed E-state index contributed by atoms with van der Waals surface area (Å²) in [4.78, 5) is 0. The van der Waals surface area contributed by atoms with E-state index in [0.717, 1.165) is 5.56 Å². The maximum atomic E-state index is 12.1. The third kappa shape index (κ3) is 4.71. The van der Waals surface area contributed by atoms with Gasteiger partial charge in [-0.05, 0) is 26.3 Å². The van der Waals surface area contributed by atoms with Crippen molar-refractivity contribution in [1.82, 2.24) is 4.72 Å². The average Bonchev–Trinajstić information content (AvgIpc) is 2.23. The first-order valence-electron chi connectivity index (χ1n) is 5.42. The molecule has 0 amide bonds. The molecule has 0 heterocycles. The molecule has 0 aliphatic heterocycles.